The molecule has 1 aliphatic heterocycles. The minimum atomic E-state index is 0.782. The van der Waals surface area contributed by atoms with Gasteiger partial charge in [-0.1, -0.05) is 48.0 Å². The van der Waals surface area contributed by atoms with Crippen LogP contribution < -0.4 is 14.5 Å². The number of hydrogen-bond acceptors (Lipinski definition) is 5. The van der Waals surface area contributed by atoms with Gasteiger partial charge < -0.3 is 14.5 Å². The summed E-state index contributed by atoms with van der Waals surface area (Å²) in [4.78, 5) is 14.7. The Labute approximate surface area is 182 Å². The molecule has 5 heteroatoms. The normalized spacial score (nSPS) is 14.1. The summed E-state index contributed by atoms with van der Waals surface area (Å²) in [6.45, 7) is 5.72. The molecule has 0 radical (unpaired) electrons. The van der Waals surface area contributed by atoms with Crippen molar-refractivity contribution in [3.63, 3.8) is 0 Å². The van der Waals surface area contributed by atoms with Gasteiger partial charge in [-0.05, 0) is 37.3 Å². The molecular weight excluding hydrogens is 384 g/mol. The van der Waals surface area contributed by atoms with Gasteiger partial charge >= 0.3 is 0 Å². The predicted octanol–water partition coefficient (Wildman–Crippen LogP) is 4.94. The van der Waals surface area contributed by atoms with Crippen LogP contribution in [-0.2, 0) is 0 Å². The molecule has 0 aliphatic carbocycles. The van der Waals surface area contributed by atoms with Crippen molar-refractivity contribution in [1.29, 1.82) is 0 Å². The van der Waals surface area contributed by atoms with Crippen LogP contribution in [0.4, 0.5) is 11.5 Å². The SMILES string of the molecule is COc1ccccc1N1CCN(c2nc(-c3cccc(C)c3)nc3ccccc23)CC1. The van der Waals surface area contributed by atoms with Crippen LogP contribution in [-0.4, -0.2) is 43.3 Å². The number of benzene rings is 3. The number of anilines is 2. The van der Waals surface area contributed by atoms with E-state index in [1.165, 1.54) is 5.56 Å². The van der Waals surface area contributed by atoms with Crippen LogP contribution in [0.25, 0.3) is 22.3 Å². The van der Waals surface area contributed by atoms with Crippen molar-refractivity contribution in [2.75, 3.05) is 43.1 Å². The lowest BCUT2D eigenvalue weighted by atomic mass is 10.1. The van der Waals surface area contributed by atoms with Gasteiger partial charge in [0, 0.05) is 37.1 Å². The first-order valence-corrected chi connectivity index (χ1v) is 10.7. The molecule has 0 N–H and O–H groups in total. The zero-order chi connectivity index (χ0) is 21.2. The van der Waals surface area contributed by atoms with Crippen LogP contribution in [0.5, 0.6) is 5.75 Å². The average molecular weight is 411 g/mol. The van der Waals surface area contributed by atoms with Crippen LogP contribution in [0.15, 0.2) is 72.8 Å². The number of rotatable bonds is 4. The van der Waals surface area contributed by atoms with Crippen LogP contribution in [0.1, 0.15) is 5.56 Å². The Bertz CT molecular complexity index is 1210. The summed E-state index contributed by atoms with van der Waals surface area (Å²) in [5.41, 5.74) is 4.40. The quantitative estimate of drug-likeness (QED) is 0.477. The first kappa shape index (κ1) is 19.4. The van der Waals surface area contributed by atoms with E-state index in [4.69, 9.17) is 14.7 Å². The standard InChI is InChI=1S/C26H26N4O/c1-19-8-7-9-20(18-19)25-27-22-11-4-3-10-21(22)26(28-25)30-16-14-29(15-17-30)23-12-5-6-13-24(23)31-2/h3-13,18H,14-17H2,1-2H3. The van der Waals surface area contributed by atoms with Crippen molar-refractivity contribution in [3.05, 3.63) is 78.4 Å². The van der Waals surface area contributed by atoms with Crippen LogP contribution in [0, 0.1) is 6.92 Å². The smallest absolute Gasteiger partial charge is 0.162 e. The van der Waals surface area contributed by atoms with Crippen molar-refractivity contribution in [3.8, 4) is 17.1 Å². The third kappa shape index (κ3) is 3.79. The van der Waals surface area contributed by atoms with Crippen molar-refractivity contribution in [2.24, 2.45) is 0 Å². The van der Waals surface area contributed by atoms with Gasteiger partial charge in [0.05, 0.1) is 18.3 Å². The van der Waals surface area contributed by atoms with Gasteiger partial charge in [-0.3, -0.25) is 0 Å². The molecule has 0 amide bonds. The number of methoxy groups -OCH3 is 1. The van der Waals surface area contributed by atoms with E-state index < -0.39 is 0 Å². The third-order valence-corrected chi connectivity index (χ3v) is 5.86. The molecule has 0 atom stereocenters. The topological polar surface area (TPSA) is 41.5 Å². The van der Waals surface area contributed by atoms with Crippen molar-refractivity contribution >= 4 is 22.4 Å². The second-order valence-electron chi connectivity index (χ2n) is 7.90. The highest BCUT2D eigenvalue weighted by atomic mass is 16.5. The summed E-state index contributed by atoms with van der Waals surface area (Å²) in [5.74, 6) is 2.72. The fourth-order valence-corrected chi connectivity index (χ4v) is 4.26. The molecule has 5 rings (SSSR count). The van der Waals surface area contributed by atoms with E-state index in [2.05, 4.69) is 71.3 Å². The number of aromatic nitrogens is 2. The molecular formula is C26H26N4O. The van der Waals surface area contributed by atoms with Gasteiger partial charge in [0.2, 0.25) is 0 Å². The van der Waals surface area contributed by atoms with Crippen molar-refractivity contribution in [1.82, 2.24) is 9.97 Å². The van der Waals surface area contributed by atoms with Crippen molar-refractivity contribution in [2.45, 2.75) is 6.92 Å². The van der Waals surface area contributed by atoms with E-state index in [-0.39, 0.29) is 0 Å². The Hall–Kier alpha value is -3.60. The van der Waals surface area contributed by atoms with Gasteiger partial charge in [0.25, 0.3) is 0 Å². The summed E-state index contributed by atoms with van der Waals surface area (Å²) in [7, 11) is 1.73. The van der Waals surface area contributed by atoms with E-state index in [9.17, 15) is 0 Å². The summed E-state index contributed by atoms with van der Waals surface area (Å²) in [6.07, 6.45) is 0. The number of aryl methyl sites for hydroxylation is 1. The lowest BCUT2D eigenvalue weighted by Gasteiger charge is -2.37. The first-order chi connectivity index (χ1) is 15.2. The molecule has 0 bridgehead atoms. The molecule has 1 saturated heterocycles. The molecule has 3 aromatic carbocycles. The molecule has 1 aromatic heterocycles. The Morgan fingerprint density at radius 1 is 0.774 bits per heavy atom. The fourth-order valence-electron chi connectivity index (χ4n) is 4.26. The van der Waals surface area contributed by atoms with E-state index in [1.54, 1.807) is 7.11 Å². The summed E-state index contributed by atoms with van der Waals surface area (Å²) < 4.78 is 5.57. The maximum Gasteiger partial charge on any atom is 0.162 e. The zero-order valence-corrected chi connectivity index (χ0v) is 18.0. The Morgan fingerprint density at radius 2 is 1.52 bits per heavy atom. The number of nitrogens with zero attached hydrogens (tertiary/aromatic N) is 4. The molecule has 0 unspecified atom stereocenters. The second-order valence-corrected chi connectivity index (χ2v) is 7.90. The Morgan fingerprint density at radius 3 is 2.32 bits per heavy atom. The molecule has 4 aromatic rings. The van der Waals surface area contributed by atoms with Gasteiger partial charge in [0.15, 0.2) is 5.82 Å². The van der Waals surface area contributed by atoms with E-state index in [1.807, 2.05) is 18.2 Å². The lowest BCUT2D eigenvalue weighted by Crippen LogP contribution is -2.47. The van der Waals surface area contributed by atoms with Gasteiger partial charge in [-0.25, -0.2) is 9.97 Å². The number of para-hydroxylation sites is 3. The summed E-state index contributed by atoms with van der Waals surface area (Å²) in [5, 5.41) is 1.10. The zero-order valence-electron chi connectivity index (χ0n) is 18.0. The van der Waals surface area contributed by atoms with Crippen LogP contribution in [0.3, 0.4) is 0 Å². The maximum absolute atomic E-state index is 5.57. The summed E-state index contributed by atoms with van der Waals surface area (Å²) in [6, 6.07) is 24.9. The molecule has 1 aliphatic rings. The fraction of sp³-hybridized carbons (Fsp3) is 0.231. The molecule has 0 spiro atoms. The van der Waals surface area contributed by atoms with Gasteiger partial charge in [-0.2, -0.15) is 0 Å². The third-order valence-electron chi connectivity index (χ3n) is 5.86. The monoisotopic (exact) mass is 410 g/mol. The molecule has 2 heterocycles. The van der Waals surface area contributed by atoms with Gasteiger partial charge in [0.1, 0.15) is 11.6 Å². The maximum atomic E-state index is 5.57. The Balaban J connectivity index is 1.48. The number of fused-ring (bicyclic) bond motifs is 1. The molecule has 156 valence electrons. The number of piperazine rings is 1. The Kier molecular flexibility index (Phi) is 5.16. The predicted molar refractivity (Wildman–Crippen MR) is 127 cm³/mol. The van der Waals surface area contributed by atoms with Gasteiger partial charge in [-0.15, -0.1) is 0 Å². The van der Waals surface area contributed by atoms with Crippen LogP contribution in [0.2, 0.25) is 0 Å². The van der Waals surface area contributed by atoms with Crippen molar-refractivity contribution < 1.29 is 4.74 Å². The summed E-state index contributed by atoms with van der Waals surface area (Å²) >= 11 is 0. The number of hydrogen-bond donors (Lipinski definition) is 0. The highest BCUT2D eigenvalue weighted by Crippen LogP contribution is 2.31. The largest absolute Gasteiger partial charge is 0.495 e. The lowest BCUT2D eigenvalue weighted by molar-refractivity contribution is 0.413. The van der Waals surface area contributed by atoms with E-state index >= 15 is 0 Å². The van der Waals surface area contributed by atoms with E-state index in [0.717, 1.165) is 65.7 Å². The first-order valence-electron chi connectivity index (χ1n) is 10.7. The van der Waals surface area contributed by atoms with E-state index in [0.29, 0.717) is 0 Å². The minimum Gasteiger partial charge on any atom is -0.495 e. The average Bonchev–Trinajstić information content (AvgIpc) is 2.83. The minimum absolute atomic E-state index is 0.782. The number of ether oxygens (including phenoxy) is 1. The highest BCUT2D eigenvalue weighted by molar-refractivity contribution is 5.91. The molecule has 0 saturated carbocycles. The second kappa shape index (κ2) is 8.26. The molecule has 31 heavy (non-hydrogen) atoms. The van der Waals surface area contributed by atoms with Crippen LogP contribution >= 0.6 is 0 Å². The highest BCUT2D eigenvalue weighted by Gasteiger charge is 2.22. The molecule has 5 nitrogen and oxygen atoms in total. The molecule has 1 fully saturated rings.